The summed E-state index contributed by atoms with van der Waals surface area (Å²) >= 11 is 0. The Morgan fingerprint density at radius 2 is 1.29 bits per heavy atom. The number of aromatic nitrogens is 2. The molecule has 0 bridgehead atoms. The molecule has 5 heteroatoms. The second-order valence-electron chi connectivity index (χ2n) is 9.21. The first-order chi connectivity index (χ1) is 16.8. The largest absolute Gasteiger partial charge is 0.310 e. The fraction of sp³-hybridized carbons (Fsp3) is 0.233. The van der Waals surface area contributed by atoms with Crippen LogP contribution in [0.5, 0.6) is 0 Å². The highest BCUT2D eigenvalue weighted by Gasteiger charge is 2.41. The molecule has 1 amide bonds. The molecule has 4 rings (SSSR count). The van der Waals surface area contributed by atoms with Crippen LogP contribution in [0, 0.1) is 27.7 Å². The zero-order chi connectivity index (χ0) is 25.0. The van der Waals surface area contributed by atoms with E-state index in [4.69, 9.17) is 5.73 Å². The maximum absolute atomic E-state index is 14.5. The fourth-order valence-corrected chi connectivity index (χ4v) is 4.10. The number of nitrogens with zero attached hydrogens (tertiary/aromatic N) is 3. The molecule has 2 heterocycles. The normalized spacial score (nSPS) is 12.7. The number of benzene rings is 2. The summed E-state index contributed by atoms with van der Waals surface area (Å²) in [5, 5.41) is 0. The fourth-order valence-electron chi connectivity index (χ4n) is 4.10. The van der Waals surface area contributed by atoms with E-state index in [-0.39, 0.29) is 5.91 Å². The molecule has 0 spiro atoms. The second-order valence-corrected chi connectivity index (χ2v) is 9.21. The molecule has 2 aromatic heterocycles. The van der Waals surface area contributed by atoms with E-state index in [9.17, 15) is 4.79 Å². The van der Waals surface area contributed by atoms with Gasteiger partial charge in [-0.25, -0.2) is 0 Å². The number of aryl methyl sites for hydroxylation is 4. The molecule has 0 saturated carbocycles. The smallest absolute Gasteiger partial charge is 0.256 e. The third-order valence-corrected chi connectivity index (χ3v) is 6.40. The summed E-state index contributed by atoms with van der Waals surface area (Å²) in [6.45, 7) is 8.41. The van der Waals surface area contributed by atoms with Crippen molar-refractivity contribution < 1.29 is 4.79 Å². The molecule has 4 aromatic rings. The summed E-state index contributed by atoms with van der Waals surface area (Å²) in [7, 11) is 0. The van der Waals surface area contributed by atoms with Crippen molar-refractivity contribution in [2.75, 3.05) is 11.4 Å². The van der Waals surface area contributed by atoms with Gasteiger partial charge in [0, 0.05) is 41.6 Å². The van der Waals surface area contributed by atoms with Crippen molar-refractivity contribution in [1.29, 1.82) is 0 Å². The predicted octanol–water partition coefficient (Wildman–Crippen LogP) is 5.19. The van der Waals surface area contributed by atoms with Gasteiger partial charge in [0.2, 0.25) is 0 Å². The molecule has 1 atom stereocenters. The maximum Gasteiger partial charge on any atom is 0.256 e. The van der Waals surface area contributed by atoms with Crippen molar-refractivity contribution in [3.05, 3.63) is 124 Å². The highest BCUT2D eigenvalue weighted by molar-refractivity contribution is 6.03. The van der Waals surface area contributed by atoms with Crippen LogP contribution in [0.2, 0.25) is 0 Å². The number of hydrogen-bond acceptors (Lipinski definition) is 4. The third kappa shape index (κ3) is 5.31. The number of anilines is 1. The van der Waals surface area contributed by atoms with Crippen LogP contribution in [-0.4, -0.2) is 22.4 Å². The Morgan fingerprint density at radius 1 is 0.743 bits per heavy atom. The number of carbonyl (C=O) groups excluding carboxylic acids is 1. The summed E-state index contributed by atoms with van der Waals surface area (Å²) in [4.78, 5) is 25.1. The molecule has 178 valence electrons. The molecule has 0 aliphatic rings. The van der Waals surface area contributed by atoms with Gasteiger partial charge in [-0.2, -0.15) is 0 Å². The highest BCUT2D eigenvalue weighted by atomic mass is 16.2. The first-order valence-electron chi connectivity index (χ1n) is 11.9. The maximum atomic E-state index is 14.5. The van der Waals surface area contributed by atoms with Gasteiger partial charge in [0.15, 0.2) is 0 Å². The van der Waals surface area contributed by atoms with Crippen molar-refractivity contribution in [3.63, 3.8) is 0 Å². The van der Waals surface area contributed by atoms with Gasteiger partial charge in [-0.1, -0.05) is 59.7 Å². The van der Waals surface area contributed by atoms with E-state index < -0.39 is 5.54 Å². The zero-order valence-electron chi connectivity index (χ0n) is 20.8. The zero-order valence-corrected chi connectivity index (χ0v) is 20.8. The number of hydrogen-bond donors (Lipinski definition) is 1. The molecule has 0 aliphatic carbocycles. The minimum Gasteiger partial charge on any atom is -0.310 e. The Bertz CT molecular complexity index is 1230. The van der Waals surface area contributed by atoms with Crippen LogP contribution < -0.4 is 10.6 Å². The Morgan fingerprint density at radius 3 is 1.83 bits per heavy atom. The van der Waals surface area contributed by atoms with Crippen molar-refractivity contribution in [2.45, 2.75) is 39.7 Å². The molecule has 35 heavy (non-hydrogen) atoms. The molecule has 1 unspecified atom stereocenters. The van der Waals surface area contributed by atoms with Crippen LogP contribution in [-0.2, 0) is 16.8 Å². The van der Waals surface area contributed by atoms with Crippen LogP contribution in [0.1, 0.15) is 39.2 Å². The van der Waals surface area contributed by atoms with Crippen LogP contribution in [0.15, 0.2) is 85.2 Å². The van der Waals surface area contributed by atoms with E-state index in [1.54, 1.807) is 11.1 Å². The number of carbonyl (C=O) groups is 1. The van der Waals surface area contributed by atoms with Crippen molar-refractivity contribution in [3.8, 4) is 0 Å². The van der Waals surface area contributed by atoms with Gasteiger partial charge in [0.05, 0.1) is 0 Å². The summed E-state index contributed by atoms with van der Waals surface area (Å²) in [6, 6.07) is 23.7. The molecule has 2 aromatic carbocycles. The van der Waals surface area contributed by atoms with E-state index in [1.807, 2.05) is 101 Å². The first kappa shape index (κ1) is 24.3. The molecule has 0 aliphatic heterocycles. The predicted molar refractivity (Wildman–Crippen MR) is 141 cm³/mol. The molecule has 5 nitrogen and oxygen atoms in total. The summed E-state index contributed by atoms with van der Waals surface area (Å²) in [5.41, 5.74) is 13.0. The summed E-state index contributed by atoms with van der Waals surface area (Å²) in [5.74, 6) is -0.198. The second kappa shape index (κ2) is 10.2. The Balaban J connectivity index is 1.79. The van der Waals surface area contributed by atoms with Crippen LogP contribution in [0.4, 0.5) is 5.69 Å². The Kier molecular flexibility index (Phi) is 7.08. The average molecular weight is 465 g/mol. The molecule has 0 radical (unpaired) electrons. The van der Waals surface area contributed by atoms with E-state index in [0.717, 1.165) is 39.3 Å². The Labute approximate surface area is 207 Å². The van der Waals surface area contributed by atoms with Gasteiger partial charge in [-0.3, -0.25) is 14.8 Å². The molecule has 2 N–H and O–H groups in total. The number of rotatable bonds is 7. The van der Waals surface area contributed by atoms with Crippen LogP contribution >= 0.6 is 0 Å². The van der Waals surface area contributed by atoms with Gasteiger partial charge in [-0.05, 0) is 69.5 Å². The standard InChI is InChI=1S/C30H32N4O/c1-21-5-12-26(13-6-21)30(31,27-14-10-24(4)33-20-27)29(35)34(28-15-7-22(2)8-16-28)18-17-25-11-9-23(3)32-19-25/h5-16,19-20H,17-18,31H2,1-4H3. The van der Waals surface area contributed by atoms with Crippen molar-refractivity contribution in [2.24, 2.45) is 5.73 Å². The molecular formula is C30H32N4O. The van der Waals surface area contributed by atoms with Gasteiger partial charge < -0.3 is 10.6 Å². The first-order valence-corrected chi connectivity index (χ1v) is 11.9. The van der Waals surface area contributed by atoms with E-state index >= 15 is 0 Å². The summed E-state index contributed by atoms with van der Waals surface area (Å²) < 4.78 is 0. The average Bonchev–Trinajstić information content (AvgIpc) is 2.86. The van der Waals surface area contributed by atoms with Crippen molar-refractivity contribution >= 4 is 11.6 Å². The van der Waals surface area contributed by atoms with Gasteiger partial charge >= 0.3 is 0 Å². The minimum absolute atomic E-state index is 0.198. The van der Waals surface area contributed by atoms with E-state index in [1.165, 1.54) is 0 Å². The van der Waals surface area contributed by atoms with Crippen molar-refractivity contribution in [1.82, 2.24) is 9.97 Å². The monoisotopic (exact) mass is 464 g/mol. The molecule has 0 saturated heterocycles. The lowest BCUT2D eigenvalue weighted by Gasteiger charge is -2.35. The summed E-state index contributed by atoms with van der Waals surface area (Å²) in [6.07, 6.45) is 4.24. The lowest BCUT2D eigenvalue weighted by atomic mass is 9.82. The van der Waals surface area contributed by atoms with Crippen LogP contribution in [0.25, 0.3) is 0 Å². The van der Waals surface area contributed by atoms with Gasteiger partial charge in [0.1, 0.15) is 5.54 Å². The highest BCUT2D eigenvalue weighted by Crippen LogP contribution is 2.32. The van der Waals surface area contributed by atoms with Gasteiger partial charge in [-0.15, -0.1) is 0 Å². The Hall–Kier alpha value is -3.83. The number of amides is 1. The lowest BCUT2D eigenvalue weighted by Crippen LogP contribution is -2.54. The van der Waals surface area contributed by atoms with E-state index in [0.29, 0.717) is 18.5 Å². The minimum atomic E-state index is -1.40. The number of nitrogens with two attached hydrogens (primary N) is 1. The van der Waals surface area contributed by atoms with Gasteiger partial charge in [0.25, 0.3) is 5.91 Å². The lowest BCUT2D eigenvalue weighted by molar-refractivity contribution is -0.122. The molecular weight excluding hydrogens is 432 g/mol. The van der Waals surface area contributed by atoms with Crippen LogP contribution in [0.3, 0.4) is 0 Å². The topological polar surface area (TPSA) is 72.1 Å². The molecule has 0 fully saturated rings. The third-order valence-electron chi connectivity index (χ3n) is 6.40. The van der Waals surface area contributed by atoms with E-state index in [2.05, 4.69) is 16.0 Å². The quantitative estimate of drug-likeness (QED) is 0.409. The SMILES string of the molecule is Cc1ccc(N(CCc2ccc(C)nc2)C(=O)C(N)(c2ccc(C)cc2)c2ccc(C)nc2)cc1. The number of pyridine rings is 2.